The Hall–Kier alpha value is -0.970. The molecule has 1 unspecified atom stereocenters. The van der Waals surface area contributed by atoms with E-state index in [1.165, 1.54) is 3.57 Å². The van der Waals surface area contributed by atoms with Gasteiger partial charge in [-0.3, -0.25) is 0 Å². The van der Waals surface area contributed by atoms with Gasteiger partial charge in [0.25, 0.3) is 0 Å². The highest BCUT2D eigenvalue weighted by Crippen LogP contribution is 2.25. The van der Waals surface area contributed by atoms with Crippen LogP contribution in [0.5, 0.6) is 0 Å². The van der Waals surface area contributed by atoms with Gasteiger partial charge in [0.15, 0.2) is 0 Å². The van der Waals surface area contributed by atoms with E-state index in [-0.39, 0.29) is 6.04 Å². The molecule has 2 aromatic rings. The molecule has 0 radical (unpaired) electrons. The van der Waals surface area contributed by atoms with E-state index in [1.54, 1.807) is 6.26 Å². The van der Waals surface area contributed by atoms with E-state index < -0.39 is 0 Å². The summed E-state index contributed by atoms with van der Waals surface area (Å²) in [6, 6.07) is 12.4. The molecular formula is C13H14INO. The molecular weight excluding hydrogens is 313 g/mol. The van der Waals surface area contributed by atoms with Crippen LogP contribution in [0.2, 0.25) is 0 Å². The lowest BCUT2D eigenvalue weighted by atomic mass is 10.1. The van der Waals surface area contributed by atoms with E-state index in [2.05, 4.69) is 47.0 Å². The maximum absolute atomic E-state index is 5.43. The van der Waals surface area contributed by atoms with Crippen LogP contribution in [0.3, 0.4) is 0 Å². The first-order valence-electron chi connectivity index (χ1n) is 5.35. The van der Waals surface area contributed by atoms with Gasteiger partial charge in [-0.2, -0.15) is 0 Å². The Bertz CT molecular complexity index is 439. The van der Waals surface area contributed by atoms with Crippen molar-refractivity contribution in [2.24, 2.45) is 0 Å². The van der Waals surface area contributed by atoms with Crippen LogP contribution in [0, 0.1) is 3.57 Å². The van der Waals surface area contributed by atoms with E-state index in [1.807, 2.05) is 24.3 Å². The molecule has 1 aromatic carbocycles. The maximum Gasteiger partial charge on any atom is 0.125 e. The Balaban J connectivity index is 2.17. The average molecular weight is 327 g/mol. The smallest absolute Gasteiger partial charge is 0.125 e. The van der Waals surface area contributed by atoms with Crippen LogP contribution >= 0.6 is 22.6 Å². The minimum Gasteiger partial charge on any atom is -0.467 e. The number of furan rings is 1. The summed E-state index contributed by atoms with van der Waals surface area (Å²) in [5.74, 6) is 0.988. The van der Waals surface area contributed by atoms with Crippen LogP contribution in [0.4, 0.5) is 5.69 Å². The van der Waals surface area contributed by atoms with Crippen molar-refractivity contribution in [3.8, 4) is 0 Å². The van der Waals surface area contributed by atoms with Crippen molar-refractivity contribution in [3.05, 3.63) is 52.0 Å². The standard InChI is InChI=1S/C13H14INO/c1-2-11(13-8-5-9-16-13)15-12-7-4-3-6-10(12)14/h3-9,11,15H,2H2,1H3. The lowest BCUT2D eigenvalue weighted by molar-refractivity contribution is 0.474. The molecule has 0 aliphatic heterocycles. The monoisotopic (exact) mass is 327 g/mol. The fourth-order valence-corrected chi connectivity index (χ4v) is 2.17. The number of para-hydroxylation sites is 1. The van der Waals surface area contributed by atoms with Gasteiger partial charge >= 0.3 is 0 Å². The van der Waals surface area contributed by atoms with E-state index in [0.29, 0.717) is 0 Å². The Kier molecular flexibility index (Phi) is 3.88. The third kappa shape index (κ3) is 2.58. The van der Waals surface area contributed by atoms with Gasteiger partial charge in [-0.1, -0.05) is 19.1 Å². The molecule has 0 spiro atoms. The molecule has 0 aliphatic rings. The summed E-state index contributed by atoms with van der Waals surface area (Å²) >= 11 is 2.33. The minimum absolute atomic E-state index is 0.242. The molecule has 2 rings (SSSR count). The van der Waals surface area contributed by atoms with Crippen LogP contribution in [-0.4, -0.2) is 0 Å². The average Bonchev–Trinajstić information content (AvgIpc) is 2.81. The SMILES string of the molecule is CCC(Nc1ccccc1I)c1ccco1. The number of rotatable bonds is 4. The lowest BCUT2D eigenvalue weighted by Gasteiger charge is -2.16. The van der Waals surface area contributed by atoms with Crippen molar-refractivity contribution in [2.75, 3.05) is 5.32 Å². The van der Waals surface area contributed by atoms with Gasteiger partial charge in [-0.25, -0.2) is 0 Å². The number of hydrogen-bond donors (Lipinski definition) is 1. The van der Waals surface area contributed by atoms with Crippen molar-refractivity contribution >= 4 is 28.3 Å². The van der Waals surface area contributed by atoms with E-state index in [4.69, 9.17) is 4.42 Å². The van der Waals surface area contributed by atoms with Gasteiger partial charge in [0.1, 0.15) is 5.76 Å². The number of halogens is 1. The second-order valence-electron chi connectivity index (χ2n) is 3.60. The Labute approximate surface area is 109 Å². The molecule has 0 saturated carbocycles. The van der Waals surface area contributed by atoms with Gasteiger partial charge in [-0.15, -0.1) is 0 Å². The Morgan fingerprint density at radius 3 is 2.69 bits per heavy atom. The van der Waals surface area contributed by atoms with Crippen molar-refractivity contribution in [3.63, 3.8) is 0 Å². The molecule has 1 N–H and O–H groups in total. The first-order chi connectivity index (χ1) is 7.81. The molecule has 1 atom stereocenters. The van der Waals surface area contributed by atoms with Crippen LogP contribution in [0.25, 0.3) is 0 Å². The summed E-state index contributed by atoms with van der Waals surface area (Å²) in [7, 11) is 0. The summed E-state index contributed by atoms with van der Waals surface area (Å²) in [6.45, 7) is 2.15. The highest BCUT2D eigenvalue weighted by molar-refractivity contribution is 14.1. The first-order valence-corrected chi connectivity index (χ1v) is 6.43. The van der Waals surface area contributed by atoms with Crippen molar-refractivity contribution in [1.82, 2.24) is 0 Å². The van der Waals surface area contributed by atoms with Gasteiger partial charge < -0.3 is 9.73 Å². The molecule has 2 nitrogen and oxygen atoms in total. The zero-order valence-corrected chi connectivity index (χ0v) is 11.3. The largest absolute Gasteiger partial charge is 0.467 e. The van der Waals surface area contributed by atoms with Crippen molar-refractivity contribution in [2.45, 2.75) is 19.4 Å². The highest BCUT2D eigenvalue weighted by Gasteiger charge is 2.12. The van der Waals surface area contributed by atoms with E-state index in [0.717, 1.165) is 17.9 Å². The fraction of sp³-hybridized carbons (Fsp3) is 0.231. The molecule has 84 valence electrons. The molecule has 3 heteroatoms. The third-order valence-electron chi connectivity index (χ3n) is 2.50. The van der Waals surface area contributed by atoms with Gasteiger partial charge in [-0.05, 0) is 53.3 Å². The third-order valence-corrected chi connectivity index (χ3v) is 3.44. The molecule has 1 heterocycles. The lowest BCUT2D eigenvalue weighted by Crippen LogP contribution is -2.09. The Morgan fingerprint density at radius 2 is 2.06 bits per heavy atom. The summed E-state index contributed by atoms with van der Waals surface area (Å²) in [6.07, 6.45) is 2.72. The molecule has 0 amide bonds. The highest BCUT2D eigenvalue weighted by atomic mass is 127. The van der Waals surface area contributed by atoms with Crippen LogP contribution in [0.1, 0.15) is 25.1 Å². The number of hydrogen-bond acceptors (Lipinski definition) is 2. The molecule has 0 aliphatic carbocycles. The van der Waals surface area contributed by atoms with Crippen LogP contribution < -0.4 is 5.32 Å². The zero-order valence-electron chi connectivity index (χ0n) is 9.11. The number of anilines is 1. The number of nitrogens with one attached hydrogen (secondary N) is 1. The Morgan fingerprint density at radius 1 is 1.25 bits per heavy atom. The second kappa shape index (κ2) is 5.39. The number of benzene rings is 1. The first kappa shape index (κ1) is 11.5. The van der Waals surface area contributed by atoms with Crippen molar-refractivity contribution < 1.29 is 4.42 Å². The van der Waals surface area contributed by atoms with Gasteiger partial charge in [0.2, 0.25) is 0 Å². The summed E-state index contributed by atoms with van der Waals surface area (Å²) in [5.41, 5.74) is 1.16. The molecule has 16 heavy (non-hydrogen) atoms. The van der Waals surface area contributed by atoms with E-state index in [9.17, 15) is 0 Å². The predicted octanol–water partition coefficient (Wildman–Crippen LogP) is 4.45. The quantitative estimate of drug-likeness (QED) is 0.840. The van der Waals surface area contributed by atoms with Crippen LogP contribution in [0.15, 0.2) is 47.1 Å². The fourth-order valence-electron chi connectivity index (χ4n) is 1.63. The molecule has 0 fully saturated rings. The minimum atomic E-state index is 0.242. The summed E-state index contributed by atoms with van der Waals surface area (Å²) < 4.78 is 6.66. The summed E-state index contributed by atoms with van der Waals surface area (Å²) in [5, 5.41) is 3.50. The predicted molar refractivity (Wildman–Crippen MR) is 74.5 cm³/mol. The van der Waals surface area contributed by atoms with Gasteiger partial charge in [0.05, 0.1) is 12.3 Å². The molecule has 1 aromatic heterocycles. The normalized spacial score (nSPS) is 12.4. The van der Waals surface area contributed by atoms with Crippen LogP contribution in [-0.2, 0) is 0 Å². The summed E-state index contributed by atoms with van der Waals surface area (Å²) in [4.78, 5) is 0. The second-order valence-corrected chi connectivity index (χ2v) is 4.76. The zero-order chi connectivity index (χ0) is 11.4. The molecule has 0 bridgehead atoms. The van der Waals surface area contributed by atoms with Crippen molar-refractivity contribution in [1.29, 1.82) is 0 Å². The topological polar surface area (TPSA) is 25.2 Å². The maximum atomic E-state index is 5.43. The molecule has 0 saturated heterocycles. The van der Waals surface area contributed by atoms with Gasteiger partial charge in [0, 0.05) is 9.26 Å². The van der Waals surface area contributed by atoms with E-state index >= 15 is 0 Å².